The van der Waals surface area contributed by atoms with Gasteiger partial charge in [-0.15, -0.1) is 0 Å². The molecule has 0 rings (SSSR count). The van der Waals surface area contributed by atoms with E-state index < -0.39 is 41.8 Å². The highest BCUT2D eigenvalue weighted by atomic mass is 32.2. The normalized spacial score (nSPS) is 14.0. The predicted molar refractivity (Wildman–Crippen MR) is 118 cm³/mol. The molecular formula is C18H34N4O5S2. The number of thioether (sulfide) groups is 2. The molecule has 6 N–H and O–H groups in total. The number of aliphatic carboxylic acids is 1. The van der Waals surface area contributed by atoms with Gasteiger partial charge in [0.25, 0.3) is 0 Å². The first-order valence-corrected chi connectivity index (χ1v) is 12.2. The molecule has 0 aliphatic rings. The van der Waals surface area contributed by atoms with E-state index in [1.165, 1.54) is 23.5 Å². The summed E-state index contributed by atoms with van der Waals surface area (Å²) in [4.78, 5) is 48.0. The average Bonchev–Trinajstić information content (AvgIpc) is 2.65. The van der Waals surface area contributed by atoms with Crippen molar-refractivity contribution in [3.8, 4) is 0 Å². The summed E-state index contributed by atoms with van der Waals surface area (Å²) in [6, 6.07) is -2.60. The van der Waals surface area contributed by atoms with Crippen molar-refractivity contribution in [2.45, 2.75) is 51.2 Å². The maximum absolute atomic E-state index is 12.5. The lowest BCUT2D eigenvalue weighted by Crippen LogP contribution is -2.54. The first-order chi connectivity index (χ1) is 13.6. The maximum Gasteiger partial charge on any atom is 0.326 e. The van der Waals surface area contributed by atoms with Crippen LogP contribution in [0.5, 0.6) is 0 Å². The standard InChI is InChI=1S/C18H34N4O5S2/c1-11(2)9-12(19)16(24)20-10-15(23)21-13(5-7-28-3)17(25)22-14(18(26)27)6-8-29-4/h11-14H,5-10,19H2,1-4H3,(H,20,24)(H,21,23)(H,22,25)(H,26,27). The molecule has 3 unspecified atom stereocenters. The Kier molecular flexibility index (Phi) is 14.6. The van der Waals surface area contributed by atoms with Crippen LogP contribution in [0.2, 0.25) is 0 Å². The van der Waals surface area contributed by atoms with Crippen molar-refractivity contribution in [2.24, 2.45) is 11.7 Å². The summed E-state index contributed by atoms with van der Waals surface area (Å²) in [5.74, 6) is -1.20. The van der Waals surface area contributed by atoms with Crippen molar-refractivity contribution in [1.29, 1.82) is 0 Å². The molecule has 11 heteroatoms. The minimum absolute atomic E-state index is 0.248. The second kappa shape index (κ2) is 15.4. The van der Waals surface area contributed by atoms with Crippen LogP contribution >= 0.6 is 23.5 Å². The fourth-order valence-corrected chi connectivity index (χ4v) is 3.37. The Morgan fingerprint density at radius 1 is 0.931 bits per heavy atom. The topological polar surface area (TPSA) is 151 Å². The Hall–Kier alpha value is -1.46. The van der Waals surface area contributed by atoms with E-state index in [0.29, 0.717) is 24.3 Å². The van der Waals surface area contributed by atoms with Crippen molar-refractivity contribution >= 4 is 47.2 Å². The summed E-state index contributed by atoms with van der Waals surface area (Å²) in [7, 11) is 0. The Balaban J connectivity index is 4.79. The van der Waals surface area contributed by atoms with Crippen molar-refractivity contribution in [1.82, 2.24) is 16.0 Å². The summed E-state index contributed by atoms with van der Waals surface area (Å²) in [6.45, 7) is 3.58. The van der Waals surface area contributed by atoms with Gasteiger partial charge >= 0.3 is 5.97 Å². The molecule has 0 aromatic carbocycles. The lowest BCUT2D eigenvalue weighted by Gasteiger charge is -2.21. The number of hydrogen-bond acceptors (Lipinski definition) is 7. The zero-order chi connectivity index (χ0) is 22.4. The van der Waals surface area contributed by atoms with E-state index in [-0.39, 0.29) is 18.9 Å². The summed E-state index contributed by atoms with van der Waals surface area (Å²) >= 11 is 2.99. The van der Waals surface area contributed by atoms with Gasteiger partial charge in [0.05, 0.1) is 12.6 Å². The SMILES string of the molecule is CSCCC(NC(=O)C(CCSC)NC(=O)CNC(=O)C(N)CC(C)C)C(=O)O. The van der Waals surface area contributed by atoms with Crippen LogP contribution < -0.4 is 21.7 Å². The van der Waals surface area contributed by atoms with Crippen LogP contribution in [-0.2, 0) is 19.2 Å². The number of carboxylic acids is 1. The number of rotatable bonds is 15. The Labute approximate surface area is 181 Å². The fraction of sp³-hybridized carbons (Fsp3) is 0.778. The third-order valence-corrected chi connectivity index (χ3v) is 5.26. The highest BCUT2D eigenvalue weighted by molar-refractivity contribution is 7.98. The number of carbonyl (C=O) groups is 4. The molecule has 0 saturated heterocycles. The lowest BCUT2D eigenvalue weighted by molar-refractivity contribution is -0.142. The van der Waals surface area contributed by atoms with Crippen molar-refractivity contribution in [2.75, 3.05) is 30.6 Å². The molecule has 3 amide bonds. The molecule has 9 nitrogen and oxygen atoms in total. The molecular weight excluding hydrogens is 416 g/mol. The lowest BCUT2D eigenvalue weighted by atomic mass is 10.0. The number of amides is 3. The number of hydrogen-bond donors (Lipinski definition) is 5. The highest BCUT2D eigenvalue weighted by Gasteiger charge is 2.26. The number of carbonyl (C=O) groups excluding carboxylic acids is 3. The van der Waals surface area contributed by atoms with Crippen LogP contribution in [-0.4, -0.2) is 77.5 Å². The Bertz CT molecular complexity index is 548. The van der Waals surface area contributed by atoms with Gasteiger partial charge in [0.1, 0.15) is 12.1 Å². The van der Waals surface area contributed by atoms with Crippen LogP contribution in [0.25, 0.3) is 0 Å². The molecule has 0 heterocycles. The molecule has 29 heavy (non-hydrogen) atoms. The Morgan fingerprint density at radius 2 is 1.48 bits per heavy atom. The third kappa shape index (κ3) is 12.7. The van der Waals surface area contributed by atoms with Gasteiger partial charge in [-0.05, 0) is 49.2 Å². The fourth-order valence-electron chi connectivity index (χ4n) is 2.43. The van der Waals surface area contributed by atoms with Gasteiger partial charge in [0.15, 0.2) is 0 Å². The van der Waals surface area contributed by atoms with E-state index in [2.05, 4.69) is 16.0 Å². The minimum atomic E-state index is -1.12. The first kappa shape index (κ1) is 27.5. The van der Waals surface area contributed by atoms with Crippen LogP contribution in [0.15, 0.2) is 0 Å². The highest BCUT2D eigenvalue weighted by Crippen LogP contribution is 2.05. The van der Waals surface area contributed by atoms with Gasteiger partial charge in [-0.1, -0.05) is 13.8 Å². The number of carboxylic acid groups (broad SMARTS) is 1. The van der Waals surface area contributed by atoms with E-state index in [1.807, 2.05) is 26.4 Å². The molecule has 0 fully saturated rings. The summed E-state index contributed by atoms with van der Waals surface area (Å²) in [6.07, 6.45) is 4.84. The predicted octanol–water partition coefficient (Wildman–Crippen LogP) is 0.0364. The molecule has 0 radical (unpaired) electrons. The van der Waals surface area contributed by atoms with Gasteiger partial charge in [-0.3, -0.25) is 14.4 Å². The molecule has 0 aliphatic heterocycles. The van der Waals surface area contributed by atoms with Crippen molar-refractivity contribution in [3.63, 3.8) is 0 Å². The molecule has 0 bridgehead atoms. The van der Waals surface area contributed by atoms with E-state index in [9.17, 15) is 24.3 Å². The molecule has 0 spiro atoms. The third-order valence-electron chi connectivity index (χ3n) is 3.97. The van der Waals surface area contributed by atoms with Crippen molar-refractivity contribution in [3.05, 3.63) is 0 Å². The summed E-state index contributed by atoms with van der Waals surface area (Å²) < 4.78 is 0. The largest absolute Gasteiger partial charge is 0.480 e. The monoisotopic (exact) mass is 450 g/mol. The second-order valence-corrected chi connectivity index (χ2v) is 9.01. The quantitative estimate of drug-likeness (QED) is 0.235. The zero-order valence-corrected chi connectivity index (χ0v) is 19.2. The zero-order valence-electron chi connectivity index (χ0n) is 17.5. The van der Waals surface area contributed by atoms with Crippen LogP contribution in [0.3, 0.4) is 0 Å². The maximum atomic E-state index is 12.5. The minimum Gasteiger partial charge on any atom is -0.480 e. The van der Waals surface area contributed by atoms with Gasteiger partial charge in [0.2, 0.25) is 17.7 Å². The smallest absolute Gasteiger partial charge is 0.326 e. The molecule has 3 atom stereocenters. The van der Waals surface area contributed by atoms with Gasteiger partial charge in [-0.25, -0.2) is 4.79 Å². The molecule has 168 valence electrons. The van der Waals surface area contributed by atoms with Gasteiger partial charge < -0.3 is 26.8 Å². The van der Waals surface area contributed by atoms with E-state index in [4.69, 9.17) is 5.73 Å². The number of nitrogens with one attached hydrogen (secondary N) is 3. The Morgan fingerprint density at radius 3 is 1.97 bits per heavy atom. The van der Waals surface area contributed by atoms with Crippen molar-refractivity contribution < 1.29 is 24.3 Å². The van der Waals surface area contributed by atoms with E-state index in [0.717, 1.165) is 0 Å². The average molecular weight is 451 g/mol. The molecule has 0 aromatic heterocycles. The van der Waals surface area contributed by atoms with Crippen LogP contribution in [0.4, 0.5) is 0 Å². The van der Waals surface area contributed by atoms with Gasteiger partial charge in [-0.2, -0.15) is 23.5 Å². The summed E-state index contributed by atoms with van der Waals surface area (Å²) in [5.41, 5.74) is 5.77. The molecule has 0 aromatic rings. The van der Waals surface area contributed by atoms with E-state index >= 15 is 0 Å². The molecule has 0 saturated carbocycles. The van der Waals surface area contributed by atoms with Gasteiger partial charge in [0, 0.05) is 0 Å². The van der Waals surface area contributed by atoms with E-state index in [1.54, 1.807) is 0 Å². The first-order valence-electron chi connectivity index (χ1n) is 9.46. The molecule has 0 aliphatic carbocycles. The van der Waals surface area contributed by atoms with Crippen LogP contribution in [0.1, 0.15) is 33.1 Å². The second-order valence-electron chi connectivity index (χ2n) is 7.04. The summed E-state index contributed by atoms with van der Waals surface area (Å²) in [5, 5.41) is 16.8. The number of nitrogens with two attached hydrogens (primary N) is 1. The van der Waals surface area contributed by atoms with Crippen LogP contribution in [0, 0.1) is 5.92 Å².